The molecule has 0 aromatic carbocycles. The maximum absolute atomic E-state index is 12.2. The number of nitrogens with zero attached hydrogens (tertiary/aromatic N) is 1. The first-order valence-electron chi connectivity index (χ1n) is 7.96. The molecule has 1 saturated heterocycles. The van der Waals surface area contributed by atoms with Crippen molar-refractivity contribution in [1.82, 2.24) is 10.2 Å². The Hall–Kier alpha value is -1.30. The Bertz CT molecular complexity index is 367. The molecule has 1 atom stereocenters. The molecular formula is C15H26N2O4. The molecule has 6 heteroatoms. The van der Waals surface area contributed by atoms with Crippen LogP contribution in [-0.4, -0.2) is 54.4 Å². The molecule has 2 N–H and O–H groups in total. The van der Waals surface area contributed by atoms with E-state index in [2.05, 4.69) is 12.2 Å². The monoisotopic (exact) mass is 298 g/mol. The van der Waals surface area contributed by atoms with Gasteiger partial charge in [0.1, 0.15) is 0 Å². The number of carboxylic acid groups (broad SMARTS) is 1. The Morgan fingerprint density at radius 2 is 1.90 bits per heavy atom. The van der Waals surface area contributed by atoms with E-state index in [9.17, 15) is 9.59 Å². The second-order valence-electron chi connectivity index (χ2n) is 6.10. The average Bonchev–Trinajstić information content (AvgIpc) is 2.53. The van der Waals surface area contributed by atoms with Crippen LogP contribution in [0.5, 0.6) is 0 Å². The maximum Gasteiger partial charge on any atom is 0.328 e. The molecule has 1 aliphatic carbocycles. The highest BCUT2D eigenvalue weighted by Gasteiger charge is 2.33. The number of carboxylic acids is 1. The molecule has 0 aromatic heterocycles. The van der Waals surface area contributed by atoms with E-state index >= 15 is 0 Å². The molecule has 1 unspecified atom stereocenters. The molecule has 0 radical (unpaired) electrons. The molecule has 0 bridgehead atoms. The number of hydrogen-bond acceptors (Lipinski definition) is 3. The number of rotatable bonds is 4. The minimum Gasteiger partial charge on any atom is -0.480 e. The van der Waals surface area contributed by atoms with Crippen molar-refractivity contribution in [3.63, 3.8) is 0 Å². The minimum absolute atomic E-state index is 0.0738. The van der Waals surface area contributed by atoms with Crippen molar-refractivity contribution < 1.29 is 19.4 Å². The Morgan fingerprint density at radius 3 is 2.52 bits per heavy atom. The molecule has 1 heterocycles. The van der Waals surface area contributed by atoms with E-state index < -0.39 is 12.0 Å². The largest absolute Gasteiger partial charge is 0.480 e. The fraction of sp³-hybridized carbons (Fsp3) is 0.867. The third-order valence-electron chi connectivity index (χ3n) is 4.76. The van der Waals surface area contributed by atoms with Crippen LogP contribution in [-0.2, 0) is 9.53 Å². The standard InChI is InChI=1S/C15H26N2O4/c1-2-11-3-5-12(6-4-11)9-16-15(20)17-7-8-21-10-13(17)14(18)19/h11-13H,2-10H2,1H3,(H,16,20)(H,18,19). The summed E-state index contributed by atoms with van der Waals surface area (Å²) in [5.41, 5.74) is 0. The first-order valence-corrected chi connectivity index (χ1v) is 7.96. The lowest BCUT2D eigenvalue weighted by Gasteiger charge is -2.34. The quantitative estimate of drug-likeness (QED) is 0.828. The van der Waals surface area contributed by atoms with Crippen molar-refractivity contribution >= 4 is 12.0 Å². The SMILES string of the molecule is CCC1CCC(CNC(=O)N2CCOCC2C(=O)O)CC1. The number of nitrogens with one attached hydrogen (secondary N) is 1. The van der Waals surface area contributed by atoms with Gasteiger partial charge < -0.3 is 20.1 Å². The molecule has 2 aliphatic rings. The van der Waals surface area contributed by atoms with Crippen molar-refractivity contribution in [3.8, 4) is 0 Å². The van der Waals surface area contributed by atoms with Crippen molar-refractivity contribution in [2.24, 2.45) is 11.8 Å². The molecular weight excluding hydrogens is 272 g/mol. The molecule has 0 spiro atoms. The van der Waals surface area contributed by atoms with Crippen molar-refractivity contribution in [1.29, 1.82) is 0 Å². The van der Waals surface area contributed by atoms with E-state index in [0.29, 0.717) is 25.6 Å². The number of morpholine rings is 1. The van der Waals surface area contributed by atoms with E-state index in [1.807, 2.05) is 0 Å². The van der Waals surface area contributed by atoms with Crippen LogP contribution in [0.25, 0.3) is 0 Å². The zero-order valence-corrected chi connectivity index (χ0v) is 12.7. The highest BCUT2D eigenvalue weighted by molar-refractivity contribution is 5.83. The molecule has 1 aliphatic heterocycles. The first kappa shape index (κ1) is 16.1. The van der Waals surface area contributed by atoms with Crippen LogP contribution in [0.2, 0.25) is 0 Å². The number of urea groups is 1. The van der Waals surface area contributed by atoms with Gasteiger partial charge in [-0.15, -0.1) is 0 Å². The van der Waals surface area contributed by atoms with Crippen molar-refractivity contribution in [2.45, 2.75) is 45.1 Å². The van der Waals surface area contributed by atoms with E-state index in [0.717, 1.165) is 18.8 Å². The van der Waals surface area contributed by atoms with Crippen molar-refractivity contribution in [2.75, 3.05) is 26.3 Å². The zero-order valence-electron chi connectivity index (χ0n) is 12.7. The van der Waals surface area contributed by atoms with Crippen LogP contribution < -0.4 is 5.32 Å². The van der Waals surface area contributed by atoms with Gasteiger partial charge in [0.05, 0.1) is 13.2 Å². The van der Waals surface area contributed by atoms with E-state index in [1.165, 1.54) is 24.2 Å². The fourth-order valence-electron chi connectivity index (χ4n) is 3.23. The molecule has 120 valence electrons. The summed E-state index contributed by atoms with van der Waals surface area (Å²) in [4.78, 5) is 24.7. The Morgan fingerprint density at radius 1 is 1.24 bits per heavy atom. The summed E-state index contributed by atoms with van der Waals surface area (Å²) in [7, 11) is 0. The summed E-state index contributed by atoms with van der Waals surface area (Å²) >= 11 is 0. The van der Waals surface area contributed by atoms with E-state index in [-0.39, 0.29) is 12.6 Å². The van der Waals surface area contributed by atoms with E-state index in [1.54, 1.807) is 0 Å². The van der Waals surface area contributed by atoms with Gasteiger partial charge in [0.15, 0.2) is 6.04 Å². The topological polar surface area (TPSA) is 78.9 Å². The number of aliphatic carboxylic acids is 1. The Balaban J connectivity index is 1.77. The smallest absolute Gasteiger partial charge is 0.328 e. The summed E-state index contributed by atoms with van der Waals surface area (Å²) in [5.74, 6) is 0.363. The average molecular weight is 298 g/mol. The van der Waals surface area contributed by atoms with Gasteiger partial charge in [-0.05, 0) is 24.7 Å². The van der Waals surface area contributed by atoms with Crippen LogP contribution in [0.1, 0.15) is 39.0 Å². The Kier molecular flexibility index (Phi) is 5.85. The van der Waals surface area contributed by atoms with Gasteiger partial charge in [-0.3, -0.25) is 0 Å². The zero-order chi connectivity index (χ0) is 15.2. The van der Waals surface area contributed by atoms with Gasteiger partial charge in [-0.1, -0.05) is 26.2 Å². The summed E-state index contributed by atoms with van der Waals surface area (Å²) in [5, 5.41) is 12.0. The first-order chi connectivity index (χ1) is 10.1. The summed E-state index contributed by atoms with van der Waals surface area (Å²) in [6.45, 7) is 3.70. The molecule has 1 saturated carbocycles. The van der Waals surface area contributed by atoms with Gasteiger partial charge in [-0.25, -0.2) is 9.59 Å². The van der Waals surface area contributed by atoms with Gasteiger partial charge in [0.2, 0.25) is 0 Å². The van der Waals surface area contributed by atoms with Crippen molar-refractivity contribution in [3.05, 3.63) is 0 Å². The number of carbonyl (C=O) groups excluding carboxylic acids is 1. The third kappa shape index (κ3) is 4.33. The normalized spacial score (nSPS) is 30.0. The van der Waals surface area contributed by atoms with Gasteiger partial charge in [0, 0.05) is 13.1 Å². The van der Waals surface area contributed by atoms with Gasteiger partial charge >= 0.3 is 12.0 Å². The highest BCUT2D eigenvalue weighted by atomic mass is 16.5. The molecule has 2 rings (SSSR count). The molecule has 6 nitrogen and oxygen atoms in total. The van der Waals surface area contributed by atoms with Crippen LogP contribution >= 0.6 is 0 Å². The van der Waals surface area contributed by atoms with Crippen LogP contribution in [0.4, 0.5) is 4.79 Å². The number of amides is 2. The predicted octanol–water partition coefficient (Wildman–Crippen LogP) is 1.70. The van der Waals surface area contributed by atoms with Crippen LogP contribution in [0.3, 0.4) is 0 Å². The third-order valence-corrected chi connectivity index (χ3v) is 4.76. The minimum atomic E-state index is -1.01. The second kappa shape index (κ2) is 7.64. The lowest BCUT2D eigenvalue weighted by molar-refractivity contribution is -0.147. The molecule has 2 fully saturated rings. The van der Waals surface area contributed by atoms with Gasteiger partial charge in [-0.2, -0.15) is 0 Å². The maximum atomic E-state index is 12.2. The lowest BCUT2D eigenvalue weighted by atomic mass is 9.81. The second-order valence-corrected chi connectivity index (χ2v) is 6.10. The summed E-state index contributed by atoms with van der Waals surface area (Å²) in [6.07, 6.45) is 6.04. The Labute approximate surface area is 125 Å². The number of hydrogen-bond donors (Lipinski definition) is 2. The van der Waals surface area contributed by atoms with Gasteiger partial charge in [0.25, 0.3) is 0 Å². The number of ether oxygens (including phenoxy) is 1. The summed E-state index contributed by atoms with van der Waals surface area (Å²) in [6, 6.07) is -1.14. The van der Waals surface area contributed by atoms with Crippen LogP contribution in [0.15, 0.2) is 0 Å². The fourth-order valence-corrected chi connectivity index (χ4v) is 3.23. The molecule has 0 aromatic rings. The molecule has 2 amide bonds. The van der Waals surface area contributed by atoms with Crippen LogP contribution in [0, 0.1) is 11.8 Å². The lowest BCUT2D eigenvalue weighted by Crippen LogP contribution is -2.56. The molecule has 21 heavy (non-hydrogen) atoms. The van der Waals surface area contributed by atoms with E-state index in [4.69, 9.17) is 9.84 Å². The number of carbonyl (C=O) groups is 2. The highest BCUT2D eigenvalue weighted by Crippen LogP contribution is 2.30. The predicted molar refractivity (Wildman–Crippen MR) is 78.1 cm³/mol. The summed E-state index contributed by atoms with van der Waals surface area (Å²) < 4.78 is 5.14.